The first-order valence-corrected chi connectivity index (χ1v) is 5.59. The maximum Gasteiger partial charge on any atom is 0.138 e. The summed E-state index contributed by atoms with van der Waals surface area (Å²) in [6.45, 7) is 4.81. The average Bonchev–Trinajstić information content (AvgIpc) is 2.58. The molecular formula is C12H18N2O. The molecule has 1 aromatic heterocycles. The van der Waals surface area contributed by atoms with Gasteiger partial charge in [-0.05, 0) is 33.1 Å². The van der Waals surface area contributed by atoms with Crippen molar-refractivity contribution in [3.63, 3.8) is 0 Å². The van der Waals surface area contributed by atoms with E-state index in [4.69, 9.17) is 4.52 Å². The van der Waals surface area contributed by atoms with E-state index in [1.807, 2.05) is 13.8 Å². The van der Waals surface area contributed by atoms with Gasteiger partial charge in [0, 0.05) is 18.2 Å². The molecule has 1 heterocycles. The van der Waals surface area contributed by atoms with E-state index in [9.17, 15) is 0 Å². The van der Waals surface area contributed by atoms with Gasteiger partial charge < -0.3 is 9.84 Å². The van der Waals surface area contributed by atoms with Crippen molar-refractivity contribution in [3.05, 3.63) is 29.2 Å². The molecule has 1 aliphatic rings. The van der Waals surface area contributed by atoms with Gasteiger partial charge in [0.1, 0.15) is 5.76 Å². The molecule has 0 radical (unpaired) electrons. The van der Waals surface area contributed by atoms with Crippen molar-refractivity contribution in [2.45, 2.75) is 45.7 Å². The molecule has 0 aliphatic heterocycles. The Labute approximate surface area is 90.5 Å². The molecule has 0 aromatic carbocycles. The number of hydrogen-bond donors (Lipinski definition) is 1. The van der Waals surface area contributed by atoms with Crippen LogP contribution in [0.3, 0.4) is 0 Å². The summed E-state index contributed by atoms with van der Waals surface area (Å²) in [6.07, 6.45) is 8.27. The minimum Gasteiger partial charge on any atom is -0.361 e. The van der Waals surface area contributed by atoms with Crippen molar-refractivity contribution < 1.29 is 4.52 Å². The number of aryl methyl sites for hydroxylation is 2. The van der Waals surface area contributed by atoms with Crippen LogP contribution in [0.25, 0.3) is 0 Å². The van der Waals surface area contributed by atoms with Gasteiger partial charge in [0.25, 0.3) is 0 Å². The van der Waals surface area contributed by atoms with Gasteiger partial charge in [-0.1, -0.05) is 17.3 Å². The Kier molecular flexibility index (Phi) is 3.21. The molecule has 1 unspecified atom stereocenters. The van der Waals surface area contributed by atoms with Crippen LogP contribution < -0.4 is 5.32 Å². The Bertz CT molecular complexity index is 335. The number of hydrogen-bond acceptors (Lipinski definition) is 3. The lowest BCUT2D eigenvalue weighted by Crippen LogP contribution is -2.28. The maximum absolute atomic E-state index is 5.13. The Morgan fingerprint density at radius 1 is 1.53 bits per heavy atom. The highest BCUT2D eigenvalue weighted by Crippen LogP contribution is 2.14. The summed E-state index contributed by atoms with van der Waals surface area (Å²) in [6, 6.07) is 0.521. The zero-order valence-corrected chi connectivity index (χ0v) is 9.42. The zero-order valence-electron chi connectivity index (χ0n) is 9.42. The Morgan fingerprint density at radius 3 is 3.00 bits per heavy atom. The van der Waals surface area contributed by atoms with E-state index in [2.05, 4.69) is 22.6 Å². The van der Waals surface area contributed by atoms with E-state index in [-0.39, 0.29) is 0 Å². The van der Waals surface area contributed by atoms with Crippen LogP contribution in [0.2, 0.25) is 0 Å². The second-order valence-electron chi connectivity index (χ2n) is 4.15. The van der Waals surface area contributed by atoms with Crippen LogP contribution >= 0.6 is 0 Å². The molecule has 0 amide bonds. The second kappa shape index (κ2) is 4.62. The van der Waals surface area contributed by atoms with Gasteiger partial charge in [-0.3, -0.25) is 0 Å². The summed E-state index contributed by atoms with van der Waals surface area (Å²) in [5.74, 6) is 0.930. The number of allylic oxidation sites excluding steroid dienone is 1. The van der Waals surface area contributed by atoms with Crippen molar-refractivity contribution in [2.75, 3.05) is 0 Å². The third-order valence-electron chi connectivity index (χ3n) is 2.98. The Morgan fingerprint density at radius 2 is 2.40 bits per heavy atom. The van der Waals surface area contributed by atoms with Crippen molar-refractivity contribution in [2.24, 2.45) is 0 Å². The molecule has 1 aromatic rings. The molecule has 0 bridgehead atoms. The molecule has 15 heavy (non-hydrogen) atoms. The first-order chi connectivity index (χ1) is 7.27. The van der Waals surface area contributed by atoms with Crippen molar-refractivity contribution in [1.29, 1.82) is 0 Å². The van der Waals surface area contributed by atoms with E-state index in [0.29, 0.717) is 6.04 Å². The monoisotopic (exact) mass is 206 g/mol. The molecule has 3 nitrogen and oxygen atoms in total. The van der Waals surface area contributed by atoms with Crippen molar-refractivity contribution >= 4 is 0 Å². The van der Waals surface area contributed by atoms with E-state index < -0.39 is 0 Å². The molecule has 1 N–H and O–H groups in total. The Hall–Kier alpha value is -1.09. The van der Waals surface area contributed by atoms with E-state index in [0.717, 1.165) is 18.0 Å². The summed E-state index contributed by atoms with van der Waals surface area (Å²) in [7, 11) is 0. The highest BCUT2D eigenvalue weighted by atomic mass is 16.5. The van der Waals surface area contributed by atoms with Crippen LogP contribution in [0.4, 0.5) is 0 Å². The van der Waals surface area contributed by atoms with Gasteiger partial charge >= 0.3 is 0 Å². The molecule has 1 atom stereocenters. The second-order valence-corrected chi connectivity index (χ2v) is 4.15. The summed E-state index contributed by atoms with van der Waals surface area (Å²) >= 11 is 0. The SMILES string of the molecule is Cc1noc(C)c1CNC1C=CCCC1. The zero-order chi connectivity index (χ0) is 10.7. The normalized spacial score (nSPS) is 20.8. The number of rotatable bonds is 3. The van der Waals surface area contributed by atoms with E-state index in [1.165, 1.54) is 24.8 Å². The lowest BCUT2D eigenvalue weighted by Gasteiger charge is -2.17. The lowest BCUT2D eigenvalue weighted by atomic mass is 10.0. The van der Waals surface area contributed by atoms with Gasteiger partial charge in [0.15, 0.2) is 0 Å². The van der Waals surface area contributed by atoms with Gasteiger partial charge in [-0.2, -0.15) is 0 Å². The van der Waals surface area contributed by atoms with Gasteiger partial charge in [0.2, 0.25) is 0 Å². The third-order valence-corrected chi connectivity index (χ3v) is 2.98. The number of nitrogens with one attached hydrogen (secondary N) is 1. The predicted molar refractivity (Wildman–Crippen MR) is 59.6 cm³/mol. The lowest BCUT2D eigenvalue weighted by molar-refractivity contribution is 0.391. The highest BCUT2D eigenvalue weighted by Gasteiger charge is 2.12. The van der Waals surface area contributed by atoms with Crippen LogP contribution in [-0.4, -0.2) is 11.2 Å². The standard InChI is InChI=1S/C12H18N2O/c1-9-12(10(2)15-14-9)8-13-11-6-4-3-5-7-11/h4,6,11,13H,3,5,7-8H2,1-2H3. The van der Waals surface area contributed by atoms with Gasteiger partial charge in [-0.25, -0.2) is 0 Å². The average molecular weight is 206 g/mol. The quantitative estimate of drug-likeness (QED) is 0.772. The molecule has 0 saturated heterocycles. The van der Waals surface area contributed by atoms with Crippen LogP contribution in [0.1, 0.15) is 36.3 Å². The molecule has 3 heteroatoms. The number of aromatic nitrogens is 1. The summed E-state index contributed by atoms with van der Waals surface area (Å²) in [5.41, 5.74) is 2.20. The van der Waals surface area contributed by atoms with Crippen LogP contribution in [-0.2, 0) is 6.54 Å². The molecule has 0 saturated carbocycles. The first kappa shape index (κ1) is 10.4. The summed E-state index contributed by atoms with van der Waals surface area (Å²) in [4.78, 5) is 0. The van der Waals surface area contributed by atoms with Crippen molar-refractivity contribution in [3.8, 4) is 0 Å². The third kappa shape index (κ3) is 2.48. The maximum atomic E-state index is 5.13. The molecule has 0 spiro atoms. The largest absolute Gasteiger partial charge is 0.361 e. The van der Waals surface area contributed by atoms with Crippen molar-refractivity contribution in [1.82, 2.24) is 10.5 Å². The van der Waals surface area contributed by atoms with Crippen LogP contribution in [0.5, 0.6) is 0 Å². The minimum atomic E-state index is 0.521. The van der Waals surface area contributed by atoms with E-state index in [1.54, 1.807) is 0 Å². The van der Waals surface area contributed by atoms with Crippen LogP contribution in [0.15, 0.2) is 16.7 Å². The molecule has 2 rings (SSSR count). The topological polar surface area (TPSA) is 38.1 Å². The fraction of sp³-hybridized carbons (Fsp3) is 0.583. The highest BCUT2D eigenvalue weighted by molar-refractivity contribution is 5.20. The minimum absolute atomic E-state index is 0.521. The van der Waals surface area contributed by atoms with Gasteiger partial charge in [0.05, 0.1) is 5.69 Å². The molecular weight excluding hydrogens is 188 g/mol. The van der Waals surface area contributed by atoms with Gasteiger partial charge in [-0.15, -0.1) is 0 Å². The van der Waals surface area contributed by atoms with Crippen LogP contribution in [0, 0.1) is 13.8 Å². The Balaban J connectivity index is 1.92. The summed E-state index contributed by atoms with van der Waals surface area (Å²) < 4.78 is 5.13. The summed E-state index contributed by atoms with van der Waals surface area (Å²) in [5, 5.41) is 7.47. The molecule has 82 valence electrons. The molecule has 0 fully saturated rings. The van der Waals surface area contributed by atoms with E-state index >= 15 is 0 Å². The smallest absolute Gasteiger partial charge is 0.138 e. The molecule has 1 aliphatic carbocycles. The fourth-order valence-electron chi connectivity index (χ4n) is 1.97. The first-order valence-electron chi connectivity index (χ1n) is 5.59. The predicted octanol–water partition coefficient (Wildman–Crippen LogP) is 2.49. The fourth-order valence-corrected chi connectivity index (χ4v) is 1.97. The number of nitrogens with zero attached hydrogens (tertiary/aromatic N) is 1.